The number of nitrogens with one attached hydrogen (secondary N) is 2. The summed E-state index contributed by atoms with van der Waals surface area (Å²) in [5.41, 5.74) is 0. The van der Waals surface area contributed by atoms with E-state index in [1.807, 2.05) is 34.6 Å². The first-order valence-corrected chi connectivity index (χ1v) is 14.9. The largest absolute Gasteiger partial charge is 0.452 e. The van der Waals surface area contributed by atoms with Gasteiger partial charge in [0.25, 0.3) is 5.91 Å². The van der Waals surface area contributed by atoms with Gasteiger partial charge in [-0.1, -0.05) is 47.5 Å². The van der Waals surface area contributed by atoms with E-state index in [2.05, 4.69) is 10.6 Å². The lowest BCUT2D eigenvalue weighted by atomic mass is 9.94. The van der Waals surface area contributed by atoms with Gasteiger partial charge in [0, 0.05) is 27.2 Å². The summed E-state index contributed by atoms with van der Waals surface area (Å²) in [6, 6.07) is -3.50. The van der Waals surface area contributed by atoms with E-state index in [-0.39, 0.29) is 24.8 Å². The molecule has 0 spiro atoms. The zero-order valence-corrected chi connectivity index (χ0v) is 25.9. The standard InChI is InChI=1S/C29H49N5O7/c1-9-12-21-27(38)34-16-11-13-20(34)26(37)31-23(18(5)10-2)28(39)33(8)24(17(3)4)29(40)32(7)19(6)25(36)30-15-14-22(35)41-21/h17-21,23-24H,9-16H2,1-8H3,(H,30,36)(H,31,37)/t18-,19-,20-,21+,23-,24-/m0/s1. The molecular weight excluding hydrogens is 530 g/mol. The first-order valence-electron chi connectivity index (χ1n) is 14.9. The molecule has 232 valence electrons. The number of rotatable bonds is 5. The van der Waals surface area contributed by atoms with E-state index >= 15 is 0 Å². The maximum absolute atomic E-state index is 13.9. The maximum Gasteiger partial charge on any atom is 0.308 e. The summed E-state index contributed by atoms with van der Waals surface area (Å²) in [5.74, 6) is -3.38. The number of amides is 5. The summed E-state index contributed by atoms with van der Waals surface area (Å²) in [7, 11) is 3.04. The highest BCUT2D eigenvalue weighted by Gasteiger charge is 2.42. The Morgan fingerprint density at radius 3 is 2.17 bits per heavy atom. The van der Waals surface area contributed by atoms with Crippen LogP contribution in [0.2, 0.25) is 0 Å². The van der Waals surface area contributed by atoms with Crippen molar-refractivity contribution in [2.45, 2.75) is 110 Å². The SMILES string of the molecule is CCC[C@H]1OC(=O)CCNC(=O)[C@H](C)N(C)C(=O)[C@H](C(C)C)N(C)C(=O)[C@H]([C@@H](C)CC)NC(=O)[C@@H]2CCCN2C1=O. The summed E-state index contributed by atoms with van der Waals surface area (Å²) in [4.78, 5) is 84.2. The number of esters is 1. The average molecular weight is 580 g/mol. The topological polar surface area (TPSA) is 145 Å². The van der Waals surface area contributed by atoms with Gasteiger partial charge < -0.3 is 30.1 Å². The van der Waals surface area contributed by atoms with Gasteiger partial charge in [-0.2, -0.15) is 0 Å². The summed E-state index contributed by atoms with van der Waals surface area (Å²) in [6.45, 7) is 11.1. The molecule has 0 aromatic carbocycles. The van der Waals surface area contributed by atoms with E-state index in [9.17, 15) is 28.8 Å². The Labute approximate surface area is 243 Å². The van der Waals surface area contributed by atoms with Crippen molar-refractivity contribution < 1.29 is 33.5 Å². The van der Waals surface area contributed by atoms with Gasteiger partial charge in [-0.25, -0.2) is 0 Å². The van der Waals surface area contributed by atoms with Crippen LogP contribution in [0.5, 0.6) is 0 Å². The van der Waals surface area contributed by atoms with E-state index in [4.69, 9.17) is 4.74 Å². The molecule has 2 saturated heterocycles. The van der Waals surface area contributed by atoms with Gasteiger partial charge in [-0.05, 0) is 38.0 Å². The number of ether oxygens (including phenoxy) is 1. The molecular formula is C29H49N5O7. The molecule has 12 heteroatoms. The fraction of sp³-hybridized carbons (Fsp3) is 0.793. The molecule has 0 aromatic heterocycles. The third-order valence-electron chi connectivity index (χ3n) is 8.30. The second-order valence-corrected chi connectivity index (χ2v) is 11.6. The monoisotopic (exact) mass is 579 g/mol. The fourth-order valence-electron chi connectivity index (χ4n) is 5.40. The Kier molecular flexibility index (Phi) is 12.6. The Morgan fingerprint density at radius 2 is 1.59 bits per heavy atom. The van der Waals surface area contributed by atoms with Crippen LogP contribution in [0.25, 0.3) is 0 Å². The number of cyclic esters (lactones) is 1. The van der Waals surface area contributed by atoms with Crippen LogP contribution in [-0.4, -0.2) is 108 Å². The molecule has 0 unspecified atom stereocenters. The van der Waals surface area contributed by atoms with E-state index in [0.717, 1.165) is 0 Å². The van der Waals surface area contributed by atoms with Crippen molar-refractivity contribution in [2.75, 3.05) is 27.2 Å². The minimum absolute atomic E-state index is 0.0333. The minimum atomic E-state index is -1.05. The van der Waals surface area contributed by atoms with E-state index < -0.39 is 65.8 Å². The Bertz CT molecular complexity index is 987. The van der Waals surface area contributed by atoms with Crippen LogP contribution in [-0.2, 0) is 33.5 Å². The highest BCUT2D eigenvalue weighted by Crippen LogP contribution is 2.23. The first-order chi connectivity index (χ1) is 19.3. The lowest BCUT2D eigenvalue weighted by Gasteiger charge is -2.38. The predicted octanol–water partition coefficient (Wildman–Crippen LogP) is 1.07. The minimum Gasteiger partial charge on any atom is -0.452 e. The van der Waals surface area contributed by atoms with Gasteiger partial charge in [0.2, 0.25) is 23.6 Å². The van der Waals surface area contributed by atoms with Crippen molar-refractivity contribution in [3.8, 4) is 0 Å². The second-order valence-electron chi connectivity index (χ2n) is 11.6. The molecule has 2 aliphatic heterocycles. The molecule has 2 rings (SSSR count). The number of hydrogen-bond acceptors (Lipinski definition) is 7. The number of fused-ring (bicyclic) bond motifs is 1. The summed E-state index contributed by atoms with van der Waals surface area (Å²) >= 11 is 0. The number of carbonyl (C=O) groups excluding carboxylic acids is 6. The molecule has 0 aliphatic carbocycles. The fourth-order valence-corrected chi connectivity index (χ4v) is 5.40. The summed E-state index contributed by atoms with van der Waals surface area (Å²) in [5, 5.41) is 5.55. The molecule has 0 radical (unpaired) electrons. The third-order valence-corrected chi connectivity index (χ3v) is 8.30. The van der Waals surface area contributed by atoms with Gasteiger partial charge in [0.1, 0.15) is 24.2 Å². The van der Waals surface area contributed by atoms with Gasteiger partial charge in [-0.15, -0.1) is 0 Å². The maximum atomic E-state index is 13.9. The molecule has 0 bridgehead atoms. The molecule has 2 aliphatic rings. The van der Waals surface area contributed by atoms with Crippen LogP contribution >= 0.6 is 0 Å². The Balaban J connectivity index is 2.52. The molecule has 2 fully saturated rings. The van der Waals surface area contributed by atoms with Crippen LogP contribution in [0, 0.1) is 11.8 Å². The smallest absolute Gasteiger partial charge is 0.308 e. The third kappa shape index (κ3) is 8.19. The molecule has 2 heterocycles. The van der Waals surface area contributed by atoms with Gasteiger partial charge >= 0.3 is 5.97 Å². The van der Waals surface area contributed by atoms with Crippen LogP contribution in [0.1, 0.15) is 80.1 Å². The lowest BCUT2D eigenvalue weighted by molar-refractivity contribution is -0.162. The van der Waals surface area contributed by atoms with Crippen LogP contribution < -0.4 is 10.6 Å². The van der Waals surface area contributed by atoms with E-state index in [0.29, 0.717) is 38.6 Å². The zero-order valence-electron chi connectivity index (χ0n) is 25.9. The van der Waals surface area contributed by atoms with Crippen LogP contribution in [0.15, 0.2) is 0 Å². The predicted molar refractivity (Wildman–Crippen MR) is 152 cm³/mol. The van der Waals surface area contributed by atoms with Crippen molar-refractivity contribution in [1.29, 1.82) is 0 Å². The second kappa shape index (κ2) is 15.2. The van der Waals surface area contributed by atoms with Gasteiger partial charge in [0.05, 0.1) is 6.42 Å². The first kappa shape index (κ1) is 34.0. The summed E-state index contributed by atoms with van der Waals surface area (Å²) < 4.78 is 5.52. The number of carbonyl (C=O) groups is 6. The van der Waals surface area contributed by atoms with Crippen molar-refractivity contribution in [3.63, 3.8) is 0 Å². The molecule has 12 nitrogen and oxygen atoms in total. The van der Waals surface area contributed by atoms with Crippen molar-refractivity contribution in [2.24, 2.45) is 11.8 Å². The lowest BCUT2D eigenvalue weighted by Crippen LogP contribution is -2.60. The molecule has 2 N–H and O–H groups in total. The highest BCUT2D eigenvalue weighted by molar-refractivity contribution is 5.96. The van der Waals surface area contributed by atoms with E-state index in [1.165, 1.54) is 28.8 Å². The zero-order chi connectivity index (χ0) is 31.0. The summed E-state index contributed by atoms with van der Waals surface area (Å²) in [6.07, 6.45) is 1.27. The number of nitrogens with zero attached hydrogens (tertiary/aromatic N) is 3. The Hall–Kier alpha value is -3.18. The van der Waals surface area contributed by atoms with Crippen molar-refractivity contribution in [1.82, 2.24) is 25.3 Å². The quantitative estimate of drug-likeness (QED) is 0.464. The van der Waals surface area contributed by atoms with Crippen LogP contribution in [0.3, 0.4) is 0 Å². The molecule has 0 saturated carbocycles. The number of likely N-dealkylation sites (N-methyl/N-ethyl adjacent to an activating group) is 2. The van der Waals surface area contributed by atoms with Crippen LogP contribution in [0.4, 0.5) is 0 Å². The Morgan fingerprint density at radius 1 is 0.927 bits per heavy atom. The molecule has 5 amide bonds. The van der Waals surface area contributed by atoms with Crippen molar-refractivity contribution >= 4 is 35.5 Å². The molecule has 6 atom stereocenters. The van der Waals surface area contributed by atoms with Gasteiger partial charge in [0.15, 0.2) is 6.10 Å². The molecule has 0 aromatic rings. The normalized spacial score (nSPS) is 28.9. The highest BCUT2D eigenvalue weighted by atomic mass is 16.5. The average Bonchev–Trinajstić information content (AvgIpc) is 3.43. The van der Waals surface area contributed by atoms with Gasteiger partial charge in [-0.3, -0.25) is 28.8 Å². The molecule has 41 heavy (non-hydrogen) atoms. The van der Waals surface area contributed by atoms with E-state index in [1.54, 1.807) is 6.92 Å². The number of hydrogen-bond donors (Lipinski definition) is 2. The van der Waals surface area contributed by atoms with Crippen molar-refractivity contribution in [3.05, 3.63) is 0 Å².